The van der Waals surface area contributed by atoms with Crippen molar-refractivity contribution in [3.8, 4) is 0 Å². The molecule has 0 aliphatic heterocycles. The molecule has 0 fully saturated rings. The molecule has 0 aromatic heterocycles. The van der Waals surface area contributed by atoms with Crippen molar-refractivity contribution in [1.29, 1.82) is 0 Å². The molecule has 0 spiro atoms. The van der Waals surface area contributed by atoms with Crippen molar-refractivity contribution in [2.24, 2.45) is 23.7 Å². The van der Waals surface area contributed by atoms with Gasteiger partial charge >= 0.3 is 5.97 Å². The third-order valence-electron chi connectivity index (χ3n) is 8.80. The Morgan fingerprint density at radius 1 is 0.500 bits per heavy atom. The molecule has 228 valence electrons. The topological polar surface area (TPSA) is 37.3 Å². The molecule has 0 saturated heterocycles. The Morgan fingerprint density at radius 3 is 1.29 bits per heavy atom. The standard InChI is InChI=1S/C36H72O2/c1-6-8-29-34(26-7-2)31-35(36(37)38)30-33(5)28-25-23-21-19-17-15-13-11-9-10-12-14-16-18-20-22-24-27-32(3)4/h32-35H,6-31H2,1-5H3,(H,37,38). The van der Waals surface area contributed by atoms with Crippen LogP contribution >= 0.6 is 0 Å². The first-order valence-corrected chi connectivity index (χ1v) is 17.6. The van der Waals surface area contributed by atoms with Gasteiger partial charge in [0.25, 0.3) is 0 Å². The summed E-state index contributed by atoms with van der Waals surface area (Å²) in [5.41, 5.74) is 0. The SMILES string of the molecule is CCCCC(CCC)CC(CC(C)CCCCCCCCCCCCCCCCCCCC(C)C)C(=O)O. The summed E-state index contributed by atoms with van der Waals surface area (Å²) < 4.78 is 0. The molecular weight excluding hydrogens is 464 g/mol. The molecule has 2 nitrogen and oxygen atoms in total. The number of carboxylic acids is 1. The van der Waals surface area contributed by atoms with Gasteiger partial charge in [0, 0.05) is 0 Å². The Bertz CT molecular complexity index is 486. The van der Waals surface area contributed by atoms with E-state index >= 15 is 0 Å². The maximum atomic E-state index is 11.9. The predicted octanol–water partition coefficient (Wildman–Crippen LogP) is 12.8. The van der Waals surface area contributed by atoms with Crippen LogP contribution in [0.25, 0.3) is 0 Å². The Hall–Kier alpha value is -0.530. The van der Waals surface area contributed by atoms with Crippen molar-refractivity contribution in [3.05, 3.63) is 0 Å². The van der Waals surface area contributed by atoms with Crippen LogP contribution in [0.4, 0.5) is 0 Å². The van der Waals surface area contributed by atoms with Gasteiger partial charge in [0.05, 0.1) is 5.92 Å². The third kappa shape index (κ3) is 25.7. The summed E-state index contributed by atoms with van der Waals surface area (Å²) in [6, 6.07) is 0. The maximum Gasteiger partial charge on any atom is 0.306 e. The molecule has 0 heterocycles. The minimum atomic E-state index is -0.558. The Labute approximate surface area is 240 Å². The molecule has 0 aliphatic rings. The molecule has 2 heteroatoms. The van der Waals surface area contributed by atoms with Gasteiger partial charge in [0.15, 0.2) is 0 Å². The van der Waals surface area contributed by atoms with Gasteiger partial charge in [-0.05, 0) is 30.6 Å². The number of carboxylic acid groups (broad SMARTS) is 1. The van der Waals surface area contributed by atoms with Crippen molar-refractivity contribution in [1.82, 2.24) is 0 Å². The van der Waals surface area contributed by atoms with E-state index in [2.05, 4.69) is 34.6 Å². The highest BCUT2D eigenvalue weighted by atomic mass is 16.4. The van der Waals surface area contributed by atoms with Gasteiger partial charge < -0.3 is 5.11 Å². The summed E-state index contributed by atoms with van der Waals surface area (Å²) >= 11 is 0. The van der Waals surface area contributed by atoms with E-state index in [1.807, 2.05) is 0 Å². The number of hydrogen-bond donors (Lipinski definition) is 1. The van der Waals surface area contributed by atoms with Crippen molar-refractivity contribution in [2.75, 3.05) is 0 Å². The van der Waals surface area contributed by atoms with Crippen LogP contribution in [0.1, 0.15) is 202 Å². The lowest BCUT2D eigenvalue weighted by molar-refractivity contribution is -0.143. The fourth-order valence-corrected chi connectivity index (χ4v) is 6.28. The van der Waals surface area contributed by atoms with Crippen LogP contribution in [0.5, 0.6) is 0 Å². The summed E-state index contributed by atoms with van der Waals surface area (Å²) in [5.74, 6) is 1.33. The van der Waals surface area contributed by atoms with E-state index in [4.69, 9.17) is 0 Å². The van der Waals surface area contributed by atoms with E-state index in [0.717, 1.165) is 18.8 Å². The zero-order chi connectivity index (χ0) is 28.3. The first-order valence-electron chi connectivity index (χ1n) is 17.6. The van der Waals surface area contributed by atoms with Gasteiger partial charge in [-0.25, -0.2) is 0 Å². The van der Waals surface area contributed by atoms with E-state index in [1.165, 1.54) is 154 Å². The van der Waals surface area contributed by atoms with Crippen LogP contribution in [-0.4, -0.2) is 11.1 Å². The Kier molecular flexibility index (Phi) is 27.6. The average molecular weight is 537 g/mol. The highest BCUT2D eigenvalue weighted by Gasteiger charge is 2.24. The molecule has 0 amide bonds. The summed E-state index contributed by atoms with van der Waals surface area (Å²) in [4.78, 5) is 11.9. The average Bonchev–Trinajstić information content (AvgIpc) is 2.88. The highest BCUT2D eigenvalue weighted by Crippen LogP contribution is 2.29. The number of carbonyl (C=O) groups is 1. The van der Waals surface area contributed by atoms with Crippen LogP contribution in [0, 0.1) is 23.7 Å². The molecule has 1 N–H and O–H groups in total. The van der Waals surface area contributed by atoms with Crippen LogP contribution < -0.4 is 0 Å². The monoisotopic (exact) mass is 537 g/mol. The van der Waals surface area contributed by atoms with Crippen LogP contribution in [0.2, 0.25) is 0 Å². The van der Waals surface area contributed by atoms with Gasteiger partial charge in [-0.2, -0.15) is 0 Å². The zero-order valence-corrected chi connectivity index (χ0v) is 27.0. The first-order chi connectivity index (χ1) is 18.4. The van der Waals surface area contributed by atoms with E-state index in [-0.39, 0.29) is 5.92 Å². The van der Waals surface area contributed by atoms with Gasteiger partial charge in [-0.3, -0.25) is 4.79 Å². The Morgan fingerprint density at radius 2 is 0.921 bits per heavy atom. The largest absolute Gasteiger partial charge is 0.481 e. The first kappa shape index (κ1) is 37.5. The molecule has 0 aromatic rings. The van der Waals surface area contributed by atoms with Gasteiger partial charge in [-0.1, -0.05) is 189 Å². The van der Waals surface area contributed by atoms with E-state index in [0.29, 0.717) is 11.8 Å². The van der Waals surface area contributed by atoms with Crippen molar-refractivity contribution < 1.29 is 9.90 Å². The lowest BCUT2D eigenvalue weighted by Gasteiger charge is -2.23. The second kappa shape index (κ2) is 28.0. The molecule has 0 aliphatic carbocycles. The maximum absolute atomic E-state index is 11.9. The predicted molar refractivity (Wildman–Crippen MR) is 170 cm³/mol. The van der Waals surface area contributed by atoms with Crippen LogP contribution in [-0.2, 0) is 4.79 Å². The molecule has 0 saturated carbocycles. The van der Waals surface area contributed by atoms with Crippen LogP contribution in [0.3, 0.4) is 0 Å². The molecule has 3 atom stereocenters. The minimum absolute atomic E-state index is 0.136. The van der Waals surface area contributed by atoms with Gasteiger partial charge in [0.1, 0.15) is 0 Å². The van der Waals surface area contributed by atoms with E-state index < -0.39 is 5.97 Å². The molecule has 38 heavy (non-hydrogen) atoms. The quantitative estimate of drug-likeness (QED) is 0.0927. The zero-order valence-electron chi connectivity index (χ0n) is 27.0. The van der Waals surface area contributed by atoms with Crippen molar-refractivity contribution in [3.63, 3.8) is 0 Å². The molecule has 0 rings (SSSR count). The van der Waals surface area contributed by atoms with Crippen molar-refractivity contribution in [2.45, 2.75) is 202 Å². The fraction of sp³-hybridized carbons (Fsp3) is 0.972. The second-order valence-electron chi connectivity index (χ2n) is 13.4. The van der Waals surface area contributed by atoms with E-state index in [1.54, 1.807) is 0 Å². The molecule has 0 aromatic carbocycles. The summed E-state index contributed by atoms with van der Waals surface area (Å²) in [6.07, 6.45) is 34.5. The fourth-order valence-electron chi connectivity index (χ4n) is 6.28. The summed E-state index contributed by atoms with van der Waals surface area (Å²) in [6.45, 7) is 11.4. The van der Waals surface area contributed by atoms with Crippen molar-refractivity contribution >= 4 is 5.97 Å². The number of hydrogen-bond acceptors (Lipinski definition) is 1. The minimum Gasteiger partial charge on any atom is -0.481 e. The Balaban J connectivity index is 3.58. The lowest BCUT2D eigenvalue weighted by atomic mass is 9.82. The molecular formula is C36H72O2. The normalized spacial score (nSPS) is 14.2. The second-order valence-corrected chi connectivity index (χ2v) is 13.4. The van der Waals surface area contributed by atoms with Gasteiger partial charge in [-0.15, -0.1) is 0 Å². The highest BCUT2D eigenvalue weighted by molar-refractivity contribution is 5.69. The molecule has 0 bridgehead atoms. The van der Waals surface area contributed by atoms with E-state index in [9.17, 15) is 9.90 Å². The van der Waals surface area contributed by atoms with Gasteiger partial charge in [0.2, 0.25) is 0 Å². The summed E-state index contributed by atoms with van der Waals surface area (Å²) in [7, 11) is 0. The molecule has 0 radical (unpaired) electrons. The third-order valence-corrected chi connectivity index (χ3v) is 8.80. The summed E-state index contributed by atoms with van der Waals surface area (Å²) in [5, 5.41) is 9.81. The number of unbranched alkanes of at least 4 members (excludes halogenated alkanes) is 17. The van der Waals surface area contributed by atoms with Crippen LogP contribution in [0.15, 0.2) is 0 Å². The smallest absolute Gasteiger partial charge is 0.306 e. The number of rotatable bonds is 30. The lowest BCUT2D eigenvalue weighted by Crippen LogP contribution is -2.20. The number of aliphatic carboxylic acids is 1. The molecule has 3 unspecified atom stereocenters.